The van der Waals surface area contributed by atoms with Crippen LogP contribution in [0.4, 0.5) is 9.59 Å². The zero-order valence-corrected chi connectivity index (χ0v) is 27.1. The average molecular weight is 594 g/mol. The number of alkyl carbamates (subject to hydrolysis) is 1. The minimum atomic E-state index is -2.00. The van der Waals surface area contributed by atoms with Gasteiger partial charge in [0.15, 0.2) is 8.32 Å². The van der Waals surface area contributed by atoms with E-state index in [2.05, 4.69) is 82.1 Å². The first-order valence-electron chi connectivity index (χ1n) is 15.0. The average Bonchev–Trinajstić information content (AvgIpc) is 2.86. The third kappa shape index (κ3) is 9.31. The molecular formula is C30H51N3O7Si. The number of esters is 1. The molecule has 7 atom stereocenters. The van der Waals surface area contributed by atoms with Crippen LogP contribution in [0.5, 0.6) is 0 Å². The zero-order chi connectivity index (χ0) is 30.4. The van der Waals surface area contributed by atoms with Crippen LogP contribution in [-0.4, -0.2) is 64.9 Å². The SMILES string of the molecule is CNC(=O)NOCCNC(=O)O[C@H]1C[C@@H](C)C=C2C=C[C@H](C)[C@H](CC[C@@H]3C[C@@H](O[Si](C)(C)C(C)(C)C)CC(=O)O3)[C@H]21. The number of nitrogens with one attached hydrogen (secondary N) is 3. The van der Waals surface area contributed by atoms with Crippen LogP contribution < -0.4 is 16.1 Å². The Hall–Kier alpha value is -2.37. The molecule has 0 saturated carbocycles. The predicted molar refractivity (Wildman–Crippen MR) is 159 cm³/mol. The molecule has 41 heavy (non-hydrogen) atoms. The zero-order valence-electron chi connectivity index (χ0n) is 26.1. The van der Waals surface area contributed by atoms with Gasteiger partial charge in [-0.1, -0.05) is 52.8 Å². The summed E-state index contributed by atoms with van der Waals surface area (Å²) in [6, 6.07) is -0.463. The molecule has 232 valence electrons. The van der Waals surface area contributed by atoms with Gasteiger partial charge in [0, 0.05) is 25.9 Å². The Bertz CT molecular complexity index is 993. The van der Waals surface area contributed by atoms with Gasteiger partial charge in [0.25, 0.3) is 0 Å². The van der Waals surface area contributed by atoms with Crippen LogP contribution in [0.2, 0.25) is 18.1 Å². The summed E-state index contributed by atoms with van der Waals surface area (Å²) in [5, 5.41) is 5.17. The Morgan fingerprint density at radius 3 is 2.56 bits per heavy atom. The van der Waals surface area contributed by atoms with Crippen molar-refractivity contribution < 1.29 is 33.1 Å². The fourth-order valence-electron chi connectivity index (χ4n) is 5.86. The number of allylic oxidation sites excluding steroid dienone is 3. The minimum absolute atomic E-state index is 0.0710. The standard InChI is InChI=1S/C30H51N3O7Si/c1-19-15-21-10-9-20(2)24(27(21)25(16-19)39-29(36)32-13-14-37-33-28(35)31-6)12-11-22-17-23(18-26(34)38-22)40-41(7,8)30(3,4)5/h9-10,15,19-20,22-25,27H,11-14,16-18H2,1-8H3,(H,32,36)(H2,31,33,35)/t19-,20-,22+,23+,24-,25-,27-/m0/s1. The molecule has 11 heteroatoms. The molecule has 0 radical (unpaired) electrons. The summed E-state index contributed by atoms with van der Waals surface area (Å²) in [5.41, 5.74) is 3.42. The van der Waals surface area contributed by atoms with E-state index in [1.165, 1.54) is 12.6 Å². The van der Waals surface area contributed by atoms with Gasteiger partial charge in [-0.3, -0.25) is 9.63 Å². The predicted octanol–water partition coefficient (Wildman–Crippen LogP) is 5.22. The molecule has 1 fully saturated rings. The van der Waals surface area contributed by atoms with E-state index in [1.807, 2.05) is 0 Å². The van der Waals surface area contributed by atoms with Crippen molar-refractivity contribution in [3.63, 3.8) is 0 Å². The number of carbonyl (C=O) groups excluding carboxylic acids is 3. The Balaban J connectivity index is 1.61. The van der Waals surface area contributed by atoms with Crippen molar-refractivity contribution in [1.29, 1.82) is 0 Å². The maximum atomic E-state index is 12.7. The molecule has 1 saturated heterocycles. The van der Waals surface area contributed by atoms with E-state index in [4.69, 9.17) is 18.7 Å². The van der Waals surface area contributed by atoms with Crippen molar-refractivity contribution >= 4 is 26.4 Å². The van der Waals surface area contributed by atoms with E-state index in [0.29, 0.717) is 12.3 Å². The minimum Gasteiger partial charge on any atom is -0.462 e. The Morgan fingerprint density at radius 2 is 1.88 bits per heavy atom. The number of amides is 3. The second kappa shape index (κ2) is 14.2. The van der Waals surface area contributed by atoms with Crippen molar-refractivity contribution in [2.75, 3.05) is 20.2 Å². The van der Waals surface area contributed by atoms with E-state index >= 15 is 0 Å². The van der Waals surface area contributed by atoms with Gasteiger partial charge in [0.1, 0.15) is 12.2 Å². The molecule has 2 aliphatic carbocycles. The normalized spacial score (nSPS) is 30.0. The number of cyclic esters (lactones) is 1. The summed E-state index contributed by atoms with van der Waals surface area (Å²) in [5.74, 6) is 0.715. The van der Waals surface area contributed by atoms with Crippen LogP contribution in [0.15, 0.2) is 23.8 Å². The molecule has 0 aromatic rings. The highest BCUT2D eigenvalue weighted by Gasteiger charge is 2.44. The van der Waals surface area contributed by atoms with Crippen molar-refractivity contribution in [2.24, 2.45) is 23.7 Å². The first-order valence-corrected chi connectivity index (χ1v) is 17.9. The van der Waals surface area contributed by atoms with Crippen LogP contribution in [0, 0.1) is 23.7 Å². The Labute approximate surface area is 246 Å². The van der Waals surface area contributed by atoms with E-state index in [0.717, 1.165) is 25.7 Å². The molecule has 3 amide bonds. The van der Waals surface area contributed by atoms with Gasteiger partial charge in [0.2, 0.25) is 0 Å². The maximum absolute atomic E-state index is 12.7. The molecule has 3 aliphatic rings. The summed E-state index contributed by atoms with van der Waals surface area (Å²) in [7, 11) is -0.516. The number of hydrogen-bond acceptors (Lipinski definition) is 7. The van der Waals surface area contributed by atoms with Crippen molar-refractivity contribution in [2.45, 2.75) is 103 Å². The van der Waals surface area contributed by atoms with E-state index in [9.17, 15) is 14.4 Å². The lowest BCUT2D eigenvalue weighted by Gasteiger charge is -2.44. The van der Waals surface area contributed by atoms with Crippen LogP contribution in [0.3, 0.4) is 0 Å². The fraction of sp³-hybridized carbons (Fsp3) is 0.767. The number of fused-ring (bicyclic) bond motifs is 1. The molecule has 0 aromatic heterocycles. The van der Waals surface area contributed by atoms with Crippen LogP contribution in [-0.2, 0) is 23.5 Å². The highest BCUT2D eigenvalue weighted by molar-refractivity contribution is 6.74. The van der Waals surface area contributed by atoms with Crippen molar-refractivity contribution in [3.05, 3.63) is 23.8 Å². The van der Waals surface area contributed by atoms with Gasteiger partial charge in [-0.25, -0.2) is 15.1 Å². The molecule has 0 spiro atoms. The Kier molecular flexibility index (Phi) is 11.5. The monoisotopic (exact) mass is 593 g/mol. The molecular weight excluding hydrogens is 542 g/mol. The molecule has 1 aliphatic heterocycles. The van der Waals surface area contributed by atoms with Gasteiger partial charge in [0.05, 0.1) is 19.1 Å². The second-order valence-corrected chi connectivity index (χ2v) is 18.1. The largest absolute Gasteiger partial charge is 0.462 e. The molecule has 0 unspecified atom stereocenters. The second-order valence-electron chi connectivity index (χ2n) is 13.3. The number of ether oxygens (including phenoxy) is 2. The van der Waals surface area contributed by atoms with Crippen molar-refractivity contribution in [3.8, 4) is 0 Å². The summed E-state index contributed by atoms with van der Waals surface area (Å²) >= 11 is 0. The topological polar surface area (TPSA) is 124 Å². The van der Waals surface area contributed by atoms with Gasteiger partial charge in [-0.05, 0) is 60.7 Å². The lowest BCUT2D eigenvalue weighted by molar-refractivity contribution is -0.160. The van der Waals surface area contributed by atoms with Gasteiger partial charge < -0.3 is 24.5 Å². The lowest BCUT2D eigenvalue weighted by atomic mass is 9.65. The summed E-state index contributed by atoms with van der Waals surface area (Å²) in [6.45, 7) is 15.7. The first-order chi connectivity index (χ1) is 19.2. The number of urea groups is 1. The molecule has 3 rings (SSSR count). The lowest BCUT2D eigenvalue weighted by Crippen LogP contribution is -2.47. The molecule has 10 nitrogen and oxygen atoms in total. The smallest absolute Gasteiger partial charge is 0.407 e. The quantitative estimate of drug-likeness (QED) is 0.137. The summed E-state index contributed by atoms with van der Waals surface area (Å²) in [6.07, 6.45) is 9.05. The van der Waals surface area contributed by atoms with Crippen molar-refractivity contribution in [1.82, 2.24) is 16.1 Å². The summed E-state index contributed by atoms with van der Waals surface area (Å²) in [4.78, 5) is 41.4. The number of hydrogen-bond donors (Lipinski definition) is 3. The van der Waals surface area contributed by atoms with Gasteiger partial charge in [-0.2, -0.15) is 0 Å². The van der Waals surface area contributed by atoms with Gasteiger partial charge >= 0.3 is 18.1 Å². The first kappa shape index (κ1) is 33.1. The molecule has 0 bridgehead atoms. The van der Waals surface area contributed by atoms with E-state index < -0.39 is 20.4 Å². The third-order valence-electron chi connectivity index (χ3n) is 9.03. The van der Waals surface area contributed by atoms with Crippen LogP contribution >= 0.6 is 0 Å². The molecule has 3 N–H and O–H groups in total. The third-order valence-corrected chi connectivity index (χ3v) is 13.6. The highest BCUT2D eigenvalue weighted by atomic mass is 28.4. The fourth-order valence-corrected chi connectivity index (χ4v) is 7.22. The number of hydroxylamine groups is 1. The number of rotatable bonds is 10. The Morgan fingerprint density at radius 1 is 1.15 bits per heavy atom. The highest BCUT2D eigenvalue weighted by Crippen LogP contribution is 2.45. The maximum Gasteiger partial charge on any atom is 0.407 e. The molecule has 1 heterocycles. The molecule has 0 aromatic carbocycles. The number of carbonyl (C=O) groups is 3. The van der Waals surface area contributed by atoms with E-state index in [-0.39, 0.29) is 60.2 Å². The van der Waals surface area contributed by atoms with Gasteiger partial charge in [-0.15, -0.1) is 0 Å². The summed E-state index contributed by atoms with van der Waals surface area (Å²) < 4.78 is 18.4. The van der Waals surface area contributed by atoms with Crippen LogP contribution in [0.1, 0.15) is 66.7 Å². The van der Waals surface area contributed by atoms with E-state index in [1.54, 1.807) is 0 Å². The van der Waals surface area contributed by atoms with Crippen LogP contribution in [0.25, 0.3) is 0 Å².